The molecule has 0 radical (unpaired) electrons. The van der Waals surface area contributed by atoms with E-state index in [1.54, 1.807) is 6.20 Å². The molecule has 1 aromatic heterocycles. The Labute approximate surface area is 161 Å². The zero-order valence-electron chi connectivity index (χ0n) is 15.7. The minimum Gasteiger partial charge on any atom is -0.379 e. The molecule has 2 saturated heterocycles. The van der Waals surface area contributed by atoms with Crippen molar-refractivity contribution in [1.29, 1.82) is 0 Å². The minimum atomic E-state index is -0.00304. The Bertz CT molecular complexity index is 753. The number of carbonyl (C=O) groups excluding carboxylic acids is 1. The molecule has 0 N–H and O–H groups in total. The molecule has 5 nitrogen and oxygen atoms in total. The molecule has 2 aliphatic heterocycles. The van der Waals surface area contributed by atoms with Crippen LogP contribution in [0, 0.1) is 5.41 Å². The van der Waals surface area contributed by atoms with E-state index in [0.717, 1.165) is 56.9 Å². The van der Waals surface area contributed by atoms with E-state index >= 15 is 0 Å². The average Bonchev–Trinajstić information content (AvgIpc) is 2.92. The molecule has 0 aliphatic carbocycles. The number of benzene rings is 1. The predicted molar refractivity (Wildman–Crippen MR) is 106 cm³/mol. The van der Waals surface area contributed by atoms with Crippen LogP contribution in [0.15, 0.2) is 54.9 Å². The van der Waals surface area contributed by atoms with Crippen LogP contribution in [0.3, 0.4) is 0 Å². The van der Waals surface area contributed by atoms with Gasteiger partial charge in [0, 0.05) is 37.8 Å². The number of nitrogens with zero attached hydrogens (tertiary/aromatic N) is 3. The van der Waals surface area contributed by atoms with Gasteiger partial charge in [-0.1, -0.05) is 30.3 Å². The highest BCUT2D eigenvalue weighted by Crippen LogP contribution is 2.34. The molecule has 4 rings (SSSR count). The monoisotopic (exact) mass is 365 g/mol. The molecule has 0 saturated carbocycles. The van der Waals surface area contributed by atoms with Gasteiger partial charge in [-0.15, -0.1) is 0 Å². The van der Waals surface area contributed by atoms with E-state index in [9.17, 15) is 4.79 Å². The average molecular weight is 365 g/mol. The summed E-state index contributed by atoms with van der Waals surface area (Å²) >= 11 is 0. The van der Waals surface area contributed by atoms with Gasteiger partial charge in [-0.05, 0) is 30.5 Å². The number of aromatic nitrogens is 1. The van der Waals surface area contributed by atoms with E-state index in [1.807, 2.05) is 47.5 Å². The van der Waals surface area contributed by atoms with Crippen LogP contribution in [0.4, 0.5) is 5.69 Å². The summed E-state index contributed by atoms with van der Waals surface area (Å²) in [7, 11) is 0. The van der Waals surface area contributed by atoms with Crippen LogP contribution < -0.4 is 4.90 Å². The second kappa shape index (κ2) is 8.09. The van der Waals surface area contributed by atoms with E-state index < -0.39 is 0 Å². The molecule has 1 aromatic carbocycles. The van der Waals surface area contributed by atoms with Gasteiger partial charge < -0.3 is 14.5 Å². The highest BCUT2D eigenvalue weighted by atomic mass is 16.5. The van der Waals surface area contributed by atoms with Gasteiger partial charge in [-0.2, -0.15) is 0 Å². The van der Waals surface area contributed by atoms with Crippen molar-refractivity contribution in [1.82, 2.24) is 9.88 Å². The predicted octanol–water partition coefficient (Wildman–Crippen LogP) is 2.77. The highest BCUT2D eigenvalue weighted by molar-refractivity contribution is 5.79. The molecular weight excluding hydrogens is 338 g/mol. The van der Waals surface area contributed by atoms with Gasteiger partial charge in [0.2, 0.25) is 5.91 Å². The second-order valence-electron chi connectivity index (χ2n) is 7.77. The first kappa shape index (κ1) is 18.0. The summed E-state index contributed by atoms with van der Waals surface area (Å²) in [6.07, 6.45) is 6.33. The van der Waals surface area contributed by atoms with Crippen molar-refractivity contribution in [3.63, 3.8) is 0 Å². The standard InChI is InChI=1S/C22H27N3O2/c26-21(14-19-6-2-1-3-7-19)25-11-5-9-22(17-25)16-24(12-13-27-18-22)20-8-4-10-23-15-20/h1-4,6-8,10,15H,5,9,11-14,16-18H2. The van der Waals surface area contributed by atoms with Crippen molar-refractivity contribution < 1.29 is 9.53 Å². The molecule has 5 heteroatoms. The summed E-state index contributed by atoms with van der Waals surface area (Å²) < 4.78 is 5.99. The Morgan fingerprint density at radius 2 is 2.00 bits per heavy atom. The number of anilines is 1. The van der Waals surface area contributed by atoms with Crippen LogP contribution in [0.25, 0.3) is 0 Å². The van der Waals surface area contributed by atoms with Crippen molar-refractivity contribution in [3.8, 4) is 0 Å². The Kier molecular flexibility index (Phi) is 5.39. The zero-order chi connectivity index (χ0) is 18.5. The minimum absolute atomic E-state index is 0.00304. The lowest BCUT2D eigenvalue weighted by molar-refractivity contribution is -0.134. The first-order chi connectivity index (χ1) is 13.2. The van der Waals surface area contributed by atoms with Gasteiger partial charge in [0.05, 0.1) is 31.5 Å². The van der Waals surface area contributed by atoms with Crippen molar-refractivity contribution in [2.45, 2.75) is 19.3 Å². The number of rotatable bonds is 3. The normalized spacial score (nSPS) is 23.3. The van der Waals surface area contributed by atoms with Gasteiger partial charge in [0.1, 0.15) is 0 Å². The first-order valence-electron chi connectivity index (χ1n) is 9.79. The van der Waals surface area contributed by atoms with Crippen LogP contribution in [0.2, 0.25) is 0 Å². The SMILES string of the molecule is O=C(Cc1ccccc1)N1CCCC2(COCCN(c3cccnc3)C2)C1. The third-order valence-electron chi connectivity index (χ3n) is 5.66. The van der Waals surface area contributed by atoms with Crippen LogP contribution in [0.5, 0.6) is 0 Å². The molecule has 2 fully saturated rings. The summed E-state index contributed by atoms with van der Waals surface area (Å²) in [5.41, 5.74) is 2.21. The number of amides is 1. The number of carbonyl (C=O) groups is 1. The Morgan fingerprint density at radius 1 is 1.11 bits per heavy atom. The topological polar surface area (TPSA) is 45.7 Å². The molecule has 1 atom stereocenters. The molecule has 2 aliphatic rings. The third-order valence-corrected chi connectivity index (χ3v) is 5.66. The van der Waals surface area contributed by atoms with E-state index in [1.165, 1.54) is 0 Å². The number of pyridine rings is 1. The van der Waals surface area contributed by atoms with Crippen molar-refractivity contribution in [2.24, 2.45) is 5.41 Å². The van der Waals surface area contributed by atoms with Gasteiger partial charge in [0.25, 0.3) is 0 Å². The summed E-state index contributed by atoms with van der Waals surface area (Å²) in [4.78, 5) is 21.6. The Hall–Kier alpha value is -2.40. The molecule has 1 amide bonds. The van der Waals surface area contributed by atoms with Gasteiger partial charge in [-0.25, -0.2) is 0 Å². The Morgan fingerprint density at radius 3 is 2.81 bits per heavy atom. The van der Waals surface area contributed by atoms with Gasteiger partial charge in [0.15, 0.2) is 0 Å². The third kappa shape index (κ3) is 4.30. The summed E-state index contributed by atoms with van der Waals surface area (Å²) in [5, 5.41) is 0. The van der Waals surface area contributed by atoms with E-state index in [4.69, 9.17) is 4.74 Å². The number of hydrogen-bond donors (Lipinski definition) is 0. The van der Waals surface area contributed by atoms with Crippen molar-refractivity contribution >= 4 is 11.6 Å². The Balaban J connectivity index is 1.47. The van der Waals surface area contributed by atoms with Crippen molar-refractivity contribution in [2.75, 3.05) is 44.3 Å². The fourth-order valence-electron chi connectivity index (χ4n) is 4.30. The fourth-order valence-corrected chi connectivity index (χ4v) is 4.30. The quantitative estimate of drug-likeness (QED) is 0.839. The molecule has 1 spiro atoms. The number of ether oxygens (including phenoxy) is 1. The highest BCUT2D eigenvalue weighted by Gasteiger charge is 2.40. The number of hydrogen-bond acceptors (Lipinski definition) is 4. The zero-order valence-corrected chi connectivity index (χ0v) is 15.7. The van der Waals surface area contributed by atoms with Crippen LogP contribution in [0.1, 0.15) is 18.4 Å². The lowest BCUT2D eigenvalue weighted by Gasteiger charge is -2.44. The molecule has 1 unspecified atom stereocenters. The molecule has 3 heterocycles. The maximum Gasteiger partial charge on any atom is 0.227 e. The lowest BCUT2D eigenvalue weighted by Crippen LogP contribution is -2.52. The fraction of sp³-hybridized carbons (Fsp3) is 0.455. The first-order valence-corrected chi connectivity index (χ1v) is 9.79. The number of likely N-dealkylation sites (tertiary alicyclic amines) is 1. The molecule has 0 bridgehead atoms. The maximum atomic E-state index is 12.9. The summed E-state index contributed by atoms with van der Waals surface area (Å²) in [5.74, 6) is 0.220. The largest absolute Gasteiger partial charge is 0.379 e. The molecule has 2 aromatic rings. The summed E-state index contributed by atoms with van der Waals surface area (Å²) in [6.45, 7) is 4.84. The smallest absolute Gasteiger partial charge is 0.227 e. The summed E-state index contributed by atoms with van der Waals surface area (Å²) in [6, 6.07) is 14.1. The van der Waals surface area contributed by atoms with E-state index in [-0.39, 0.29) is 11.3 Å². The maximum absolute atomic E-state index is 12.9. The molecule has 142 valence electrons. The van der Waals surface area contributed by atoms with Gasteiger partial charge in [-0.3, -0.25) is 9.78 Å². The second-order valence-corrected chi connectivity index (χ2v) is 7.77. The van der Waals surface area contributed by atoms with Crippen molar-refractivity contribution in [3.05, 3.63) is 60.4 Å². The van der Waals surface area contributed by atoms with Gasteiger partial charge >= 0.3 is 0 Å². The molecule has 27 heavy (non-hydrogen) atoms. The van der Waals surface area contributed by atoms with Crippen LogP contribution >= 0.6 is 0 Å². The molecular formula is C22H27N3O2. The van der Waals surface area contributed by atoms with E-state index in [0.29, 0.717) is 13.0 Å². The lowest BCUT2D eigenvalue weighted by atomic mass is 9.79. The van der Waals surface area contributed by atoms with Crippen LogP contribution in [-0.2, 0) is 16.0 Å². The number of piperidine rings is 1. The van der Waals surface area contributed by atoms with E-state index in [2.05, 4.69) is 16.0 Å². The van der Waals surface area contributed by atoms with Crippen LogP contribution in [-0.4, -0.2) is 55.2 Å².